The van der Waals surface area contributed by atoms with Crippen molar-refractivity contribution in [3.63, 3.8) is 0 Å². The van der Waals surface area contributed by atoms with Gasteiger partial charge < -0.3 is 24.2 Å². The molecule has 0 spiro atoms. The zero-order valence-electron chi connectivity index (χ0n) is 22.2. The van der Waals surface area contributed by atoms with Crippen molar-refractivity contribution < 1.29 is 24.1 Å². The molecule has 3 atom stereocenters. The molecule has 0 aliphatic carbocycles. The Hall–Kier alpha value is -3.06. The Kier molecular flexibility index (Phi) is 7.40. The molecule has 6 nitrogen and oxygen atoms in total. The molecular weight excluding hydrogens is 502 g/mol. The minimum absolute atomic E-state index is 0.0271. The lowest BCUT2D eigenvalue weighted by molar-refractivity contribution is -0.118. The fourth-order valence-corrected chi connectivity index (χ4v) is 5.63. The summed E-state index contributed by atoms with van der Waals surface area (Å²) >= 11 is 6.22. The third kappa shape index (κ3) is 5.00. The second-order valence-corrected chi connectivity index (χ2v) is 11.0. The van der Waals surface area contributed by atoms with E-state index in [1.54, 1.807) is 7.11 Å². The minimum Gasteiger partial charge on any atom is -0.493 e. The fourth-order valence-electron chi connectivity index (χ4n) is 5.50. The van der Waals surface area contributed by atoms with Crippen LogP contribution < -0.4 is 14.4 Å². The van der Waals surface area contributed by atoms with Gasteiger partial charge in [0, 0.05) is 23.2 Å². The van der Waals surface area contributed by atoms with Crippen molar-refractivity contribution >= 4 is 23.2 Å². The Bertz CT molecular complexity index is 1300. The molecule has 1 saturated heterocycles. The number of fused-ring (bicyclic) bond motifs is 1. The molecule has 2 aliphatic heterocycles. The van der Waals surface area contributed by atoms with Crippen LogP contribution in [0.2, 0.25) is 5.02 Å². The van der Waals surface area contributed by atoms with Gasteiger partial charge in [0.15, 0.2) is 11.5 Å². The number of aliphatic hydroxyl groups is 1. The lowest BCUT2D eigenvalue weighted by atomic mass is 9.82. The van der Waals surface area contributed by atoms with Crippen molar-refractivity contribution in [2.75, 3.05) is 25.2 Å². The summed E-state index contributed by atoms with van der Waals surface area (Å²) in [7, 11) is 1.61. The number of methoxy groups -OCH3 is 1. The van der Waals surface area contributed by atoms with Crippen LogP contribution in [-0.2, 0) is 21.6 Å². The normalized spacial score (nSPS) is 20.8. The number of hydrogen-bond donors (Lipinski definition) is 1. The highest BCUT2D eigenvalue weighted by atomic mass is 35.5. The zero-order chi connectivity index (χ0) is 27.0. The molecule has 3 aromatic carbocycles. The molecule has 38 heavy (non-hydrogen) atoms. The monoisotopic (exact) mass is 535 g/mol. The maximum Gasteiger partial charge on any atom is 0.232 e. The molecule has 3 aromatic rings. The van der Waals surface area contributed by atoms with Gasteiger partial charge in [-0.05, 0) is 85.8 Å². The van der Waals surface area contributed by atoms with Crippen LogP contribution in [0.25, 0.3) is 0 Å². The lowest BCUT2D eigenvalue weighted by Gasteiger charge is -2.38. The summed E-state index contributed by atoms with van der Waals surface area (Å²) in [6.07, 6.45) is 1.01. The third-order valence-corrected chi connectivity index (χ3v) is 7.84. The summed E-state index contributed by atoms with van der Waals surface area (Å²) in [5, 5.41) is 11.9. The number of hydrogen-bond acceptors (Lipinski definition) is 5. The number of ether oxygens (including phenoxy) is 3. The summed E-state index contributed by atoms with van der Waals surface area (Å²) < 4.78 is 17.2. The smallest absolute Gasteiger partial charge is 0.232 e. The molecule has 2 aliphatic rings. The summed E-state index contributed by atoms with van der Waals surface area (Å²) in [5.41, 5.74) is 3.36. The van der Waals surface area contributed by atoms with Crippen LogP contribution in [0.3, 0.4) is 0 Å². The molecule has 2 heterocycles. The lowest BCUT2D eigenvalue weighted by Crippen LogP contribution is -2.41. The van der Waals surface area contributed by atoms with E-state index in [9.17, 15) is 9.90 Å². The van der Waals surface area contributed by atoms with Crippen LogP contribution in [0.5, 0.6) is 11.5 Å². The van der Waals surface area contributed by atoms with Gasteiger partial charge in [0.05, 0.1) is 37.9 Å². The summed E-state index contributed by atoms with van der Waals surface area (Å²) in [6.45, 7) is 6.98. The van der Waals surface area contributed by atoms with E-state index < -0.39 is 11.6 Å². The van der Waals surface area contributed by atoms with Crippen LogP contribution in [-0.4, -0.2) is 37.4 Å². The van der Waals surface area contributed by atoms with Crippen molar-refractivity contribution in [2.24, 2.45) is 5.92 Å². The molecular formula is C31H34ClNO5. The van der Waals surface area contributed by atoms with Crippen LogP contribution >= 0.6 is 11.6 Å². The van der Waals surface area contributed by atoms with Crippen molar-refractivity contribution in [2.45, 2.75) is 51.4 Å². The number of carbonyl (C=O) groups is 1. The Morgan fingerprint density at radius 3 is 2.39 bits per heavy atom. The first kappa shape index (κ1) is 26.5. The number of benzene rings is 3. The van der Waals surface area contributed by atoms with E-state index >= 15 is 0 Å². The number of rotatable bonds is 7. The Morgan fingerprint density at radius 1 is 1.08 bits per heavy atom. The van der Waals surface area contributed by atoms with Crippen molar-refractivity contribution in [1.82, 2.24) is 0 Å². The van der Waals surface area contributed by atoms with Gasteiger partial charge in [-0.3, -0.25) is 4.79 Å². The quantitative estimate of drug-likeness (QED) is 0.398. The van der Waals surface area contributed by atoms with Crippen molar-refractivity contribution in [1.29, 1.82) is 0 Å². The molecule has 7 heteroatoms. The van der Waals surface area contributed by atoms with E-state index in [-0.39, 0.29) is 24.3 Å². The predicted molar refractivity (Wildman–Crippen MR) is 148 cm³/mol. The highest BCUT2D eigenvalue weighted by Crippen LogP contribution is 2.44. The van der Waals surface area contributed by atoms with E-state index in [2.05, 4.69) is 0 Å². The van der Waals surface area contributed by atoms with Gasteiger partial charge in [-0.25, -0.2) is 0 Å². The maximum absolute atomic E-state index is 13.7. The van der Waals surface area contributed by atoms with E-state index in [0.29, 0.717) is 29.7 Å². The number of halogens is 1. The summed E-state index contributed by atoms with van der Waals surface area (Å²) in [4.78, 5) is 15.6. The zero-order valence-corrected chi connectivity index (χ0v) is 23.0. The van der Waals surface area contributed by atoms with Gasteiger partial charge >= 0.3 is 0 Å². The van der Waals surface area contributed by atoms with Crippen LogP contribution in [0, 0.1) is 5.92 Å². The molecule has 3 unspecified atom stereocenters. The maximum atomic E-state index is 13.7. The average molecular weight is 536 g/mol. The minimum atomic E-state index is -1.01. The largest absolute Gasteiger partial charge is 0.493 e. The summed E-state index contributed by atoms with van der Waals surface area (Å²) in [6, 6.07) is 18.8. The highest BCUT2D eigenvalue weighted by molar-refractivity contribution is 6.30. The fraction of sp³-hybridized carbons (Fsp3) is 0.387. The van der Waals surface area contributed by atoms with Crippen LogP contribution in [0.15, 0.2) is 60.7 Å². The topological polar surface area (TPSA) is 68.2 Å². The molecule has 1 N–H and O–H groups in total. The van der Waals surface area contributed by atoms with E-state index in [0.717, 1.165) is 34.4 Å². The molecule has 0 radical (unpaired) electrons. The van der Waals surface area contributed by atoms with Crippen LogP contribution in [0.1, 0.15) is 55.5 Å². The number of anilines is 1. The number of carbonyl (C=O) groups excluding carboxylic acids is 1. The summed E-state index contributed by atoms with van der Waals surface area (Å²) in [5.74, 6) is 1.25. The van der Waals surface area contributed by atoms with E-state index in [1.807, 2.05) is 86.3 Å². The first-order chi connectivity index (χ1) is 18.2. The first-order valence-corrected chi connectivity index (χ1v) is 13.4. The van der Waals surface area contributed by atoms with Gasteiger partial charge in [0.1, 0.15) is 0 Å². The molecule has 200 valence electrons. The van der Waals surface area contributed by atoms with E-state index in [1.165, 1.54) is 0 Å². The molecule has 5 rings (SSSR count). The molecule has 1 fully saturated rings. The Morgan fingerprint density at radius 2 is 1.79 bits per heavy atom. The van der Waals surface area contributed by atoms with Gasteiger partial charge in [-0.2, -0.15) is 0 Å². The van der Waals surface area contributed by atoms with E-state index in [4.69, 9.17) is 25.8 Å². The molecule has 0 aromatic heterocycles. The SMILES string of the molecule is COc1cc2c(cc1OC(C)C)C(c1ccc(Cl)cc1)N(c1ccc(C(C)(O)C3CCOC3)cc1)C(=O)C2. The average Bonchev–Trinajstić information content (AvgIpc) is 3.44. The predicted octanol–water partition coefficient (Wildman–Crippen LogP) is 6.06. The highest BCUT2D eigenvalue weighted by Gasteiger charge is 2.38. The second kappa shape index (κ2) is 10.6. The molecule has 1 amide bonds. The van der Waals surface area contributed by atoms with Gasteiger partial charge in [0.25, 0.3) is 0 Å². The van der Waals surface area contributed by atoms with Gasteiger partial charge in [0.2, 0.25) is 5.91 Å². The van der Waals surface area contributed by atoms with Crippen molar-refractivity contribution in [3.8, 4) is 11.5 Å². The molecule has 0 saturated carbocycles. The molecule has 0 bridgehead atoms. The Balaban J connectivity index is 1.60. The number of nitrogens with zero attached hydrogens (tertiary/aromatic N) is 1. The van der Waals surface area contributed by atoms with Gasteiger partial charge in [-0.15, -0.1) is 0 Å². The second-order valence-electron chi connectivity index (χ2n) is 10.5. The van der Waals surface area contributed by atoms with Crippen LogP contribution in [0.4, 0.5) is 5.69 Å². The Labute approximate surface area is 229 Å². The third-order valence-electron chi connectivity index (χ3n) is 7.59. The first-order valence-electron chi connectivity index (χ1n) is 13.0. The standard InChI is InChI=1S/C31H34ClNO5/c1-19(2)38-28-17-26-21(15-27(28)36-4)16-29(34)33(30(26)20-5-9-24(32)10-6-20)25-11-7-22(8-12-25)31(3,35)23-13-14-37-18-23/h5-12,15,17,19,23,30,35H,13-14,16,18H2,1-4H3. The number of amides is 1. The van der Waals surface area contributed by atoms with Crippen molar-refractivity contribution in [3.05, 3.63) is 87.9 Å². The van der Waals surface area contributed by atoms with Gasteiger partial charge in [-0.1, -0.05) is 35.9 Å².